The van der Waals surface area contributed by atoms with Crippen LogP contribution in [0.2, 0.25) is 0 Å². The zero-order valence-electron chi connectivity index (χ0n) is 8.25. The Labute approximate surface area is 79.5 Å². The Balaban J connectivity index is 2.18. The molecule has 0 aromatic rings. The maximum atomic E-state index is 10.7. The average molecular weight is 185 g/mol. The predicted octanol–water partition coefficient (Wildman–Crippen LogP) is 1.63. The van der Waals surface area contributed by atoms with E-state index in [1.807, 2.05) is 6.92 Å². The van der Waals surface area contributed by atoms with Crippen LogP contribution >= 0.6 is 0 Å². The maximum absolute atomic E-state index is 10.7. The summed E-state index contributed by atoms with van der Waals surface area (Å²) in [4.78, 5) is 10.7. The minimum atomic E-state index is -0.722. The summed E-state index contributed by atoms with van der Waals surface area (Å²) in [7, 11) is 0. The lowest BCUT2D eigenvalue weighted by Crippen LogP contribution is -2.38. The minimum absolute atomic E-state index is 0.347. The summed E-state index contributed by atoms with van der Waals surface area (Å²) in [5, 5.41) is 11.9. The van der Waals surface area contributed by atoms with Crippen molar-refractivity contribution in [2.75, 3.05) is 6.54 Å². The maximum Gasteiger partial charge on any atom is 0.320 e. The van der Waals surface area contributed by atoms with Gasteiger partial charge in [-0.2, -0.15) is 0 Å². The lowest BCUT2D eigenvalue weighted by molar-refractivity contribution is -0.139. The van der Waals surface area contributed by atoms with E-state index < -0.39 is 5.97 Å². The average Bonchev–Trinajstić information content (AvgIpc) is 2.57. The van der Waals surface area contributed by atoms with Crippen LogP contribution in [0.4, 0.5) is 0 Å². The molecule has 2 N–H and O–H groups in total. The molecule has 0 aliphatic heterocycles. The second kappa shape index (κ2) is 5.22. The third-order valence-electron chi connectivity index (χ3n) is 2.83. The Morgan fingerprint density at radius 2 is 2.15 bits per heavy atom. The summed E-state index contributed by atoms with van der Waals surface area (Å²) >= 11 is 0. The first-order valence-electron chi connectivity index (χ1n) is 5.20. The van der Waals surface area contributed by atoms with Crippen molar-refractivity contribution < 1.29 is 9.90 Å². The summed E-state index contributed by atoms with van der Waals surface area (Å²) in [6, 6.07) is -0.347. The van der Waals surface area contributed by atoms with Gasteiger partial charge < -0.3 is 10.4 Å². The fourth-order valence-corrected chi connectivity index (χ4v) is 1.93. The van der Waals surface area contributed by atoms with Crippen molar-refractivity contribution in [2.45, 2.75) is 45.1 Å². The van der Waals surface area contributed by atoms with Gasteiger partial charge in [-0.05, 0) is 31.7 Å². The second-order valence-electron chi connectivity index (χ2n) is 3.86. The molecule has 0 saturated heterocycles. The molecule has 1 aliphatic carbocycles. The summed E-state index contributed by atoms with van der Waals surface area (Å²) in [5.74, 6) is -0.00565. The van der Waals surface area contributed by atoms with E-state index in [1.54, 1.807) is 0 Å². The zero-order chi connectivity index (χ0) is 9.68. The van der Waals surface area contributed by atoms with Gasteiger partial charge in [0.15, 0.2) is 0 Å². The van der Waals surface area contributed by atoms with Crippen LogP contribution in [0.15, 0.2) is 0 Å². The smallest absolute Gasteiger partial charge is 0.320 e. The first-order valence-corrected chi connectivity index (χ1v) is 5.20. The summed E-state index contributed by atoms with van der Waals surface area (Å²) in [6.45, 7) is 2.78. The van der Waals surface area contributed by atoms with E-state index in [2.05, 4.69) is 5.32 Å². The van der Waals surface area contributed by atoms with Crippen LogP contribution in [-0.2, 0) is 4.79 Å². The van der Waals surface area contributed by atoms with E-state index in [4.69, 9.17) is 5.11 Å². The van der Waals surface area contributed by atoms with Crippen molar-refractivity contribution >= 4 is 5.97 Å². The third kappa shape index (κ3) is 3.35. The van der Waals surface area contributed by atoms with Gasteiger partial charge in [-0.3, -0.25) is 4.79 Å². The number of hydrogen-bond donors (Lipinski definition) is 2. The first kappa shape index (κ1) is 10.5. The van der Waals surface area contributed by atoms with Crippen LogP contribution in [0, 0.1) is 5.92 Å². The van der Waals surface area contributed by atoms with E-state index in [0.717, 1.165) is 6.54 Å². The highest BCUT2D eigenvalue weighted by Gasteiger charge is 2.19. The number of carboxylic acid groups (broad SMARTS) is 1. The van der Waals surface area contributed by atoms with Crippen molar-refractivity contribution in [3.63, 3.8) is 0 Å². The number of rotatable bonds is 5. The molecule has 3 heteroatoms. The molecule has 0 heterocycles. The van der Waals surface area contributed by atoms with Crippen molar-refractivity contribution in [1.29, 1.82) is 0 Å². The molecule has 0 aromatic carbocycles. The minimum Gasteiger partial charge on any atom is -0.480 e. The number of carbonyl (C=O) groups is 1. The van der Waals surface area contributed by atoms with E-state index in [1.165, 1.54) is 25.7 Å². The van der Waals surface area contributed by atoms with Gasteiger partial charge in [0.05, 0.1) is 0 Å². The molecule has 1 fully saturated rings. The number of aliphatic carboxylic acids is 1. The van der Waals surface area contributed by atoms with Crippen LogP contribution in [0.1, 0.15) is 39.0 Å². The van der Waals surface area contributed by atoms with Crippen molar-refractivity contribution in [1.82, 2.24) is 5.32 Å². The molecule has 1 saturated carbocycles. The monoisotopic (exact) mass is 185 g/mol. The zero-order valence-corrected chi connectivity index (χ0v) is 8.25. The summed E-state index contributed by atoms with van der Waals surface area (Å²) < 4.78 is 0. The van der Waals surface area contributed by atoms with E-state index in [9.17, 15) is 4.79 Å². The lowest BCUT2D eigenvalue weighted by Gasteiger charge is -2.15. The molecule has 1 aliphatic rings. The van der Waals surface area contributed by atoms with Gasteiger partial charge in [0.2, 0.25) is 0 Å². The highest BCUT2D eigenvalue weighted by molar-refractivity contribution is 5.73. The molecular weight excluding hydrogens is 166 g/mol. The molecule has 0 aromatic heterocycles. The number of carboxylic acids is 1. The normalized spacial score (nSPS) is 20.4. The Hall–Kier alpha value is -0.570. The fraction of sp³-hybridized carbons (Fsp3) is 0.900. The Kier molecular flexibility index (Phi) is 4.22. The van der Waals surface area contributed by atoms with Gasteiger partial charge in [0, 0.05) is 0 Å². The lowest BCUT2D eigenvalue weighted by atomic mass is 10.1. The molecule has 1 atom stereocenters. The topological polar surface area (TPSA) is 49.3 Å². The molecular formula is C10H19NO2. The van der Waals surface area contributed by atoms with Crippen LogP contribution < -0.4 is 5.32 Å². The molecule has 1 unspecified atom stereocenters. The van der Waals surface area contributed by atoms with Gasteiger partial charge in [0.25, 0.3) is 0 Å². The molecule has 0 bridgehead atoms. The van der Waals surface area contributed by atoms with Gasteiger partial charge in [-0.1, -0.05) is 19.8 Å². The van der Waals surface area contributed by atoms with E-state index in [-0.39, 0.29) is 6.04 Å². The SMILES string of the molecule is CCC(NCC1CCCC1)C(=O)O. The third-order valence-corrected chi connectivity index (χ3v) is 2.83. The molecule has 0 amide bonds. The molecule has 13 heavy (non-hydrogen) atoms. The fourth-order valence-electron chi connectivity index (χ4n) is 1.93. The van der Waals surface area contributed by atoms with Gasteiger partial charge in [-0.25, -0.2) is 0 Å². The van der Waals surface area contributed by atoms with Crippen molar-refractivity contribution in [3.05, 3.63) is 0 Å². The predicted molar refractivity (Wildman–Crippen MR) is 51.7 cm³/mol. The van der Waals surface area contributed by atoms with Crippen LogP contribution in [0.25, 0.3) is 0 Å². The van der Waals surface area contributed by atoms with Gasteiger partial charge in [-0.15, -0.1) is 0 Å². The Morgan fingerprint density at radius 3 is 2.62 bits per heavy atom. The molecule has 3 nitrogen and oxygen atoms in total. The molecule has 0 spiro atoms. The summed E-state index contributed by atoms with van der Waals surface area (Å²) in [6.07, 6.45) is 5.83. The first-order chi connectivity index (χ1) is 6.24. The van der Waals surface area contributed by atoms with E-state index >= 15 is 0 Å². The number of nitrogens with one attached hydrogen (secondary N) is 1. The highest BCUT2D eigenvalue weighted by Crippen LogP contribution is 2.23. The standard InChI is InChI=1S/C10H19NO2/c1-2-9(10(12)13)11-7-8-5-3-4-6-8/h8-9,11H,2-7H2,1H3,(H,12,13). The van der Waals surface area contributed by atoms with Crippen molar-refractivity contribution in [3.8, 4) is 0 Å². The van der Waals surface area contributed by atoms with Gasteiger partial charge in [0.1, 0.15) is 6.04 Å². The van der Waals surface area contributed by atoms with E-state index in [0.29, 0.717) is 12.3 Å². The Morgan fingerprint density at radius 1 is 1.54 bits per heavy atom. The van der Waals surface area contributed by atoms with Gasteiger partial charge >= 0.3 is 5.97 Å². The van der Waals surface area contributed by atoms with Crippen LogP contribution in [0.3, 0.4) is 0 Å². The quantitative estimate of drug-likeness (QED) is 0.684. The second-order valence-corrected chi connectivity index (χ2v) is 3.86. The molecule has 1 rings (SSSR count). The molecule has 76 valence electrons. The van der Waals surface area contributed by atoms with Crippen LogP contribution in [-0.4, -0.2) is 23.7 Å². The number of hydrogen-bond acceptors (Lipinski definition) is 2. The summed E-state index contributed by atoms with van der Waals surface area (Å²) in [5.41, 5.74) is 0. The largest absolute Gasteiger partial charge is 0.480 e. The van der Waals surface area contributed by atoms with Crippen molar-refractivity contribution in [2.24, 2.45) is 5.92 Å². The van der Waals surface area contributed by atoms with Crippen LogP contribution in [0.5, 0.6) is 0 Å². The molecule has 0 radical (unpaired) electrons. The Bertz CT molecular complexity index is 164. The highest BCUT2D eigenvalue weighted by atomic mass is 16.4.